The Kier molecular flexibility index (Phi) is 6.09. The number of aromatic nitrogens is 3. The average Bonchev–Trinajstić information content (AvgIpc) is 3.65. The molecule has 3 aliphatic rings. The van der Waals surface area contributed by atoms with E-state index in [0.29, 0.717) is 18.0 Å². The highest BCUT2D eigenvalue weighted by molar-refractivity contribution is 6.08. The fourth-order valence-corrected chi connectivity index (χ4v) is 6.64. The van der Waals surface area contributed by atoms with Crippen LogP contribution in [0.2, 0.25) is 0 Å². The molecule has 0 spiro atoms. The smallest absolute Gasteiger partial charge is 0.254 e. The molecule has 4 aromatic rings. The molecule has 0 bridgehead atoms. The Morgan fingerprint density at radius 2 is 2.00 bits per heavy atom. The van der Waals surface area contributed by atoms with E-state index in [-0.39, 0.29) is 5.91 Å². The maximum absolute atomic E-state index is 13.2. The number of pyridine rings is 2. The number of hydrogen-bond donors (Lipinski definition) is 2. The van der Waals surface area contributed by atoms with Crippen molar-refractivity contribution in [3.63, 3.8) is 0 Å². The van der Waals surface area contributed by atoms with Crippen LogP contribution >= 0.6 is 0 Å². The average molecular weight is 523 g/mol. The van der Waals surface area contributed by atoms with Crippen molar-refractivity contribution in [3.8, 4) is 11.1 Å². The number of nitrogens with zero attached hydrogens (tertiary/aromatic N) is 4. The molecule has 8 heteroatoms. The molecular formula is C31H34N6O2. The van der Waals surface area contributed by atoms with Crippen LogP contribution in [-0.2, 0) is 30.8 Å². The summed E-state index contributed by atoms with van der Waals surface area (Å²) in [7, 11) is 4.15. The van der Waals surface area contributed by atoms with Gasteiger partial charge in [-0.2, -0.15) is 0 Å². The first-order chi connectivity index (χ1) is 19.1. The summed E-state index contributed by atoms with van der Waals surface area (Å²) in [5.74, 6) is 1.19. The number of ether oxygens (including phenoxy) is 1. The Hall–Kier alpha value is -3.75. The minimum Gasteiger partial charge on any atom is -0.381 e. The van der Waals surface area contributed by atoms with Gasteiger partial charge in [0.1, 0.15) is 11.5 Å². The van der Waals surface area contributed by atoms with Crippen LogP contribution < -0.4 is 10.6 Å². The minimum atomic E-state index is -0.0417. The number of benzene rings is 1. The quantitative estimate of drug-likeness (QED) is 0.371. The van der Waals surface area contributed by atoms with Gasteiger partial charge < -0.3 is 24.8 Å². The van der Waals surface area contributed by atoms with Crippen LogP contribution in [0.15, 0.2) is 42.6 Å². The maximum atomic E-state index is 13.2. The van der Waals surface area contributed by atoms with Crippen molar-refractivity contribution in [1.29, 1.82) is 0 Å². The molecule has 0 atom stereocenters. The lowest BCUT2D eigenvalue weighted by Gasteiger charge is -2.25. The first kappa shape index (κ1) is 24.3. The number of carbonyl (C=O) groups excluding carboxylic acids is 1. The molecule has 1 aromatic carbocycles. The molecule has 1 amide bonds. The minimum absolute atomic E-state index is 0.0417. The molecule has 1 fully saturated rings. The standard InChI is InChI=1S/C31H34N6O2/c1-36(2)18-25-20(19-11-15-39-16-12-19)8-10-27(35-25)34-24-9-7-21(23-17-33-31(38)29(23)24)28-22-5-3-13-32-30(22)37-14-4-6-26(28)37/h3,5,7-10,13,19H,4,6,11-12,14-18H2,1-2H3,(H,33,38)(H,34,35). The second-order valence-corrected chi connectivity index (χ2v) is 11.1. The summed E-state index contributed by atoms with van der Waals surface area (Å²) in [5.41, 5.74) is 9.65. The number of aryl methyl sites for hydroxylation is 1. The molecule has 1 saturated heterocycles. The first-order valence-electron chi connectivity index (χ1n) is 14.0. The van der Waals surface area contributed by atoms with Crippen molar-refractivity contribution < 1.29 is 9.53 Å². The van der Waals surface area contributed by atoms with Gasteiger partial charge >= 0.3 is 0 Å². The van der Waals surface area contributed by atoms with E-state index in [4.69, 9.17) is 14.7 Å². The van der Waals surface area contributed by atoms with Crippen LogP contribution in [0, 0.1) is 0 Å². The summed E-state index contributed by atoms with van der Waals surface area (Å²) in [6.45, 7) is 3.88. The van der Waals surface area contributed by atoms with Crippen molar-refractivity contribution in [1.82, 2.24) is 24.8 Å². The summed E-state index contributed by atoms with van der Waals surface area (Å²) in [4.78, 5) is 25.1. The third-order valence-corrected chi connectivity index (χ3v) is 8.36. The van der Waals surface area contributed by atoms with Crippen molar-refractivity contribution >= 4 is 28.4 Å². The molecular weight excluding hydrogens is 488 g/mol. The topological polar surface area (TPSA) is 84.3 Å². The van der Waals surface area contributed by atoms with Crippen LogP contribution in [0.25, 0.3) is 22.2 Å². The van der Waals surface area contributed by atoms with Crippen molar-refractivity contribution in [3.05, 3.63) is 70.7 Å². The number of fused-ring (bicyclic) bond motifs is 4. The van der Waals surface area contributed by atoms with Crippen molar-refractivity contribution in [2.45, 2.75) is 51.2 Å². The molecule has 200 valence electrons. The zero-order valence-electron chi connectivity index (χ0n) is 22.6. The second-order valence-electron chi connectivity index (χ2n) is 11.1. The molecule has 7 rings (SSSR count). The lowest BCUT2D eigenvalue weighted by Crippen LogP contribution is -2.19. The number of amides is 1. The summed E-state index contributed by atoms with van der Waals surface area (Å²) in [6.07, 6.45) is 6.07. The first-order valence-corrected chi connectivity index (χ1v) is 14.0. The molecule has 39 heavy (non-hydrogen) atoms. The third-order valence-electron chi connectivity index (χ3n) is 8.36. The Labute approximate surface area is 228 Å². The number of nitrogens with one attached hydrogen (secondary N) is 2. The van der Waals surface area contributed by atoms with Crippen molar-refractivity contribution in [2.75, 3.05) is 32.6 Å². The van der Waals surface area contributed by atoms with E-state index in [2.05, 4.69) is 58.5 Å². The highest BCUT2D eigenvalue weighted by atomic mass is 16.5. The van der Waals surface area contributed by atoms with E-state index < -0.39 is 0 Å². The highest BCUT2D eigenvalue weighted by Gasteiger charge is 2.30. The summed E-state index contributed by atoms with van der Waals surface area (Å²) in [6, 6.07) is 12.6. The molecule has 6 heterocycles. The molecule has 8 nitrogen and oxygen atoms in total. The van der Waals surface area contributed by atoms with E-state index in [1.165, 1.54) is 16.8 Å². The predicted octanol–water partition coefficient (Wildman–Crippen LogP) is 4.99. The van der Waals surface area contributed by atoms with E-state index in [1.54, 1.807) is 0 Å². The Morgan fingerprint density at radius 1 is 1.13 bits per heavy atom. The van der Waals surface area contributed by atoms with E-state index in [0.717, 1.165) is 91.3 Å². The molecule has 2 N–H and O–H groups in total. The van der Waals surface area contributed by atoms with Crippen LogP contribution in [0.5, 0.6) is 0 Å². The summed E-state index contributed by atoms with van der Waals surface area (Å²) < 4.78 is 7.95. The number of carbonyl (C=O) groups is 1. The fraction of sp³-hybridized carbons (Fsp3) is 0.387. The number of rotatable bonds is 6. The van der Waals surface area contributed by atoms with Crippen LogP contribution in [-0.4, -0.2) is 52.7 Å². The van der Waals surface area contributed by atoms with Gasteiger partial charge in [-0.25, -0.2) is 9.97 Å². The van der Waals surface area contributed by atoms with Crippen LogP contribution in [0.3, 0.4) is 0 Å². The lowest BCUT2D eigenvalue weighted by molar-refractivity contribution is 0.0849. The summed E-state index contributed by atoms with van der Waals surface area (Å²) >= 11 is 0. The number of hydrogen-bond acceptors (Lipinski definition) is 6. The van der Waals surface area contributed by atoms with Crippen LogP contribution in [0.1, 0.15) is 58.1 Å². The van der Waals surface area contributed by atoms with Gasteiger partial charge in [-0.3, -0.25) is 4.79 Å². The SMILES string of the molecule is CN(C)Cc1nc(Nc2ccc(-c3c4n(c5ncccc35)CCC4)c3c2C(=O)NC3)ccc1C1CCOCC1. The Morgan fingerprint density at radius 3 is 2.85 bits per heavy atom. The van der Waals surface area contributed by atoms with Gasteiger partial charge in [0.05, 0.1) is 16.9 Å². The Balaban J connectivity index is 1.28. The lowest BCUT2D eigenvalue weighted by atomic mass is 9.90. The van der Waals surface area contributed by atoms with Gasteiger partial charge in [0.15, 0.2) is 0 Å². The molecule has 3 aromatic heterocycles. The summed E-state index contributed by atoms with van der Waals surface area (Å²) in [5, 5.41) is 7.75. The van der Waals surface area contributed by atoms with Gasteiger partial charge in [-0.05, 0) is 86.7 Å². The van der Waals surface area contributed by atoms with E-state index in [1.807, 2.05) is 18.3 Å². The molecule has 0 radical (unpaired) electrons. The van der Waals surface area contributed by atoms with Gasteiger partial charge in [-0.15, -0.1) is 0 Å². The van der Waals surface area contributed by atoms with Gasteiger partial charge in [-0.1, -0.05) is 12.1 Å². The molecule has 0 saturated carbocycles. The van der Waals surface area contributed by atoms with E-state index in [9.17, 15) is 4.79 Å². The Bertz CT molecular complexity index is 1580. The van der Waals surface area contributed by atoms with Crippen LogP contribution in [0.4, 0.5) is 11.5 Å². The highest BCUT2D eigenvalue weighted by Crippen LogP contribution is 2.42. The third kappa shape index (κ3) is 4.19. The zero-order chi connectivity index (χ0) is 26.5. The van der Waals surface area contributed by atoms with Gasteiger partial charge in [0.25, 0.3) is 5.91 Å². The number of anilines is 2. The van der Waals surface area contributed by atoms with Gasteiger partial charge in [0, 0.05) is 55.7 Å². The zero-order valence-corrected chi connectivity index (χ0v) is 22.6. The molecule has 3 aliphatic heterocycles. The maximum Gasteiger partial charge on any atom is 0.254 e. The largest absolute Gasteiger partial charge is 0.381 e. The second kappa shape index (κ2) is 9.77. The van der Waals surface area contributed by atoms with Crippen molar-refractivity contribution in [2.24, 2.45) is 0 Å². The van der Waals surface area contributed by atoms with E-state index >= 15 is 0 Å². The fourth-order valence-electron chi connectivity index (χ4n) is 6.64. The monoisotopic (exact) mass is 522 g/mol. The molecule has 0 unspecified atom stereocenters. The predicted molar refractivity (Wildman–Crippen MR) is 152 cm³/mol. The molecule has 0 aliphatic carbocycles. The van der Waals surface area contributed by atoms with Gasteiger partial charge in [0.2, 0.25) is 0 Å². The normalized spacial score (nSPS) is 17.1.